The molecule has 0 aliphatic heterocycles. The van der Waals surface area contributed by atoms with Gasteiger partial charge in [-0.2, -0.15) is 0 Å². The van der Waals surface area contributed by atoms with E-state index in [4.69, 9.17) is 0 Å². The number of Topliss-reactive ketones (excluding diaryl/α,β-unsaturated/α-hetero) is 1. The molecular weight excluding hydrogens is 220 g/mol. The lowest BCUT2D eigenvalue weighted by Gasteiger charge is -2.35. The Hall–Kier alpha value is -1.11. The quantitative estimate of drug-likeness (QED) is 0.765. The van der Waals surface area contributed by atoms with Gasteiger partial charge in [-0.05, 0) is 55.1 Å². The summed E-state index contributed by atoms with van der Waals surface area (Å²) in [5.41, 5.74) is 3.17. The maximum absolute atomic E-state index is 11.4. The number of rotatable bonds is 3. The number of hydrogen-bond donors (Lipinski definition) is 0. The van der Waals surface area contributed by atoms with Crippen LogP contribution in [0.4, 0.5) is 0 Å². The van der Waals surface area contributed by atoms with Gasteiger partial charge in [-0.1, -0.05) is 38.1 Å². The number of carbonyl (C=O) groups excluding carboxylic acids is 1. The third-order valence-corrected chi connectivity index (χ3v) is 4.27. The van der Waals surface area contributed by atoms with E-state index in [1.54, 1.807) is 6.92 Å². The number of benzene rings is 1. The molecule has 1 aromatic rings. The highest BCUT2D eigenvalue weighted by Gasteiger charge is 2.28. The molecule has 1 heteroatoms. The summed E-state index contributed by atoms with van der Waals surface area (Å²) in [6, 6.07) is 8.50. The molecule has 0 N–H and O–H groups in total. The van der Waals surface area contributed by atoms with Crippen LogP contribution in [0.1, 0.15) is 63.5 Å². The molecule has 1 nitrogen and oxygen atoms in total. The minimum Gasteiger partial charge on any atom is -0.300 e. The van der Waals surface area contributed by atoms with E-state index >= 15 is 0 Å². The van der Waals surface area contributed by atoms with E-state index in [1.165, 1.54) is 36.8 Å². The predicted octanol–water partition coefficient (Wildman–Crippen LogP) is 4.50. The third-order valence-electron chi connectivity index (χ3n) is 4.27. The van der Waals surface area contributed by atoms with Crippen LogP contribution in [-0.2, 0) is 11.2 Å². The van der Waals surface area contributed by atoms with Gasteiger partial charge in [0.25, 0.3) is 0 Å². The Morgan fingerprint density at radius 2 is 1.83 bits per heavy atom. The van der Waals surface area contributed by atoms with Crippen LogP contribution in [0.25, 0.3) is 0 Å². The lowest BCUT2D eigenvalue weighted by Crippen LogP contribution is -2.21. The van der Waals surface area contributed by atoms with Crippen molar-refractivity contribution in [2.24, 2.45) is 5.41 Å². The largest absolute Gasteiger partial charge is 0.300 e. The molecule has 0 unspecified atom stereocenters. The normalized spacial score (nSPS) is 19.7. The first-order chi connectivity index (χ1) is 8.48. The lowest BCUT2D eigenvalue weighted by atomic mass is 9.70. The summed E-state index contributed by atoms with van der Waals surface area (Å²) in [6.45, 7) is 6.41. The summed E-state index contributed by atoms with van der Waals surface area (Å²) in [4.78, 5) is 11.4. The van der Waals surface area contributed by atoms with E-state index in [0.29, 0.717) is 17.8 Å². The van der Waals surface area contributed by atoms with Crippen LogP contribution in [0, 0.1) is 5.41 Å². The van der Waals surface area contributed by atoms with Gasteiger partial charge in [-0.15, -0.1) is 0 Å². The van der Waals surface area contributed by atoms with Gasteiger partial charge in [0.2, 0.25) is 0 Å². The topological polar surface area (TPSA) is 17.1 Å². The average molecular weight is 244 g/mol. The molecule has 1 aromatic carbocycles. The number of carbonyl (C=O) groups is 1. The van der Waals surface area contributed by atoms with E-state index < -0.39 is 0 Å². The maximum atomic E-state index is 11.4. The smallest absolute Gasteiger partial charge is 0.134 e. The number of hydrogen-bond acceptors (Lipinski definition) is 1. The molecule has 1 aliphatic carbocycles. The van der Waals surface area contributed by atoms with Crippen LogP contribution in [-0.4, -0.2) is 5.78 Å². The molecule has 0 saturated heterocycles. The van der Waals surface area contributed by atoms with Crippen LogP contribution in [0.3, 0.4) is 0 Å². The van der Waals surface area contributed by atoms with Gasteiger partial charge in [0, 0.05) is 6.42 Å². The Balaban J connectivity index is 2.16. The van der Waals surface area contributed by atoms with Gasteiger partial charge < -0.3 is 0 Å². The summed E-state index contributed by atoms with van der Waals surface area (Å²) in [7, 11) is 0. The summed E-state index contributed by atoms with van der Waals surface area (Å²) in [5, 5.41) is 0. The van der Waals surface area contributed by atoms with Gasteiger partial charge in [0.05, 0.1) is 0 Å². The van der Waals surface area contributed by atoms with Crippen LogP contribution in [0.15, 0.2) is 24.3 Å². The monoisotopic (exact) mass is 244 g/mol. The average Bonchev–Trinajstić information content (AvgIpc) is 2.29. The zero-order valence-electron chi connectivity index (χ0n) is 11.8. The van der Waals surface area contributed by atoms with E-state index in [9.17, 15) is 4.79 Å². The van der Waals surface area contributed by atoms with Crippen LogP contribution in [0.2, 0.25) is 0 Å². The summed E-state index contributed by atoms with van der Waals surface area (Å²) in [6.07, 6.45) is 5.72. The van der Waals surface area contributed by atoms with Gasteiger partial charge in [-0.25, -0.2) is 0 Å². The van der Waals surface area contributed by atoms with Gasteiger partial charge in [-0.3, -0.25) is 4.79 Å². The molecule has 18 heavy (non-hydrogen) atoms. The van der Waals surface area contributed by atoms with E-state index in [2.05, 4.69) is 38.1 Å². The SMILES string of the molecule is CC(=O)Cc1ccccc1C1CCC(C)(C)CC1. The van der Waals surface area contributed by atoms with Crippen molar-refractivity contribution < 1.29 is 4.79 Å². The second-order valence-corrected chi connectivity index (χ2v) is 6.52. The molecule has 98 valence electrons. The summed E-state index contributed by atoms with van der Waals surface area (Å²) >= 11 is 0. The Labute approximate surface area is 111 Å². The highest BCUT2D eigenvalue weighted by Crippen LogP contribution is 2.43. The molecule has 0 atom stereocenters. The molecule has 2 rings (SSSR count). The Morgan fingerprint density at radius 3 is 2.44 bits per heavy atom. The van der Waals surface area contributed by atoms with Crippen molar-refractivity contribution in [2.75, 3.05) is 0 Å². The zero-order chi connectivity index (χ0) is 13.2. The predicted molar refractivity (Wildman–Crippen MR) is 75.8 cm³/mol. The molecule has 1 fully saturated rings. The van der Waals surface area contributed by atoms with E-state index in [0.717, 1.165) is 0 Å². The maximum Gasteiger partial charge on any atom is 0.134 e. The lowest BCUT2D eigenvalue weighted by molar-refractivity contribution is -0.116. The minimum absolute atomic E-state index is 0.263. The molecule has 0 aromatic heterocycles. The molecule has 0 heterocycles. The van der Waals surface area contributed by atoms with Gasteiger partial charge >= 0.3 is 0 Å². The van der Waals surface area contributed by atoms with Crippen LogP contribution < -0.4 is 0 Å². The molecule has 0 bridgehead atoms. The fraction of sp³-hybridized carbons (Fsp3) is 0.588. The molecular formula is C17H24O. The molecule has 1 saturated carbocycles. The molecule has 0 amide bonds. The highest BCUT2D eigenvalue weighted by atomic mass is 16.1. The summed E-state index contributed by atoms with van der Waals surface area (Å²) < 4.78 is 0. The van der Waals surface area contributed by atoms with Crippen LogP contribution >= 0.6 is 0 Å². The summed E-state index contributed by atoms with van der Waals surface area (Å²) in [5.74, 6) is 0.923. The van der Waals surface area contributed by atoms with Crippen LogP contribution in [0.5, 0.6) is 0 Å². The molecule has 1 aliphatic rings. The van der Waals surface area contributed by atoms with E-state index in [-0.39, 0.29) is 5.78 Å². The van der Waals surface area contributed by atoms with E-state index in [1.807, 2.05) is 0 Å². The molecule has 0 radical (unpaired) electrons. The van der Waals surface area contributed by atoms with Crippen molar-refractivity contribution >= 4 is 5.78 Å². The van der Waals surface area contributed by atoms with Crippen molar-refractivity contribution in [3.63, 3.8) is 0 Å². The van der Waals surface area contributed by atoms with Crippen molar-refractivity contribution in [3.05, 3.63) is 35.4 Å². The Morgan fingerprint density at radius 1 is 1.22 bits per heavy atom. The first-order valence-electron chi connectivity index (χ1n) is 7.05. The number of ketones is 1. The van der Waals surface area contributed by atoms with Crippen molar-refractivity contribution in [3.8, 4) is 0 Å². The fourth-order valence-corrected chi connectivity index (χ4v) is 3.07. The first kappa shape index (κ1) is 13.3. The standard InChI is InChI=1S/C17H24O/c1-13(18)12-15-6-4-5-7-16(15)14-8-10-17(2,3)11-9-14/h4-7,14H,8-12H2,1-3H3. The minimum atomic E-state index is 0.263. The fourth-order valence-electron chi connectivity index (χ4n) is 3.07. The van der Waals surface area contributed by atoms with Gasteiger partial charge in [0.15, 0.2) is 0 Å². The van der Waals surface area contributed by atoms with Gasteiger partial charge in [0.1, 0.15) is 5.78 Å². The third kappa shape index (κ3) is 3.22. The second-order valence-electron chi connectivity index (χ2n) is 6.52. The second kappa shape index (κ2) is 5.26. The van der Waals surface area contributed by atoms with Crippen molar-refractivity contribution in [1.82, 2.24) is 0 Å². The Kier molecular flexibility index (Phi) is 3.89. The Bertz CT molecular complexity index is 421. The highest BCUT2D eigenvalue weighted by molar-refractivity contribution is 5.78. The molecule has 0 spiro atoms. The first-order valence-corrected chi connectivity index (χ1v) is 7.05. The zero-order valence-corrected chi connectivity index (χ0v) is 11.8. The van der Waals surface area contributed by atoms with Crippen molar-refractivity contribution in [2.45, 2.75) is 58.8 Å². The van der Waals surface area contributed by atoms with Crippen molar-refractivity contribution in [1.29, 1.82) is 0 Å².